The molecule has 13 nitrogen and oxygen atoms in total. The standard InChI is InChI=1S/C19H19N3O10S3.2CH4/c1-11-7-12-9-16(34(26,27)28)18(19(23)17(12)15(8-11)20-2)22-21-13-3-5-14(6-4-13)33(24,25)10-32-35(29,30)31;;/h3-9,20,23H,10H2,1-2H3,(H,26,27,28)(H,29,30,31);2*1H4. The Balaban J connectivity index is 0.00000342. The van der Waals surface area contributed by atoms with Crippen LogP contribution in [-0.4, -0.2) is 52.5 Å². The minimum absolute atomic E-state index is 0. The van der Waals surface area contributed by atoms with Crippen molar-refractivity contribution in [2.24, 2.45) is 10.2 Å². The van der Waals surface area contributed by atoms with Crippen molar-refractivity contribution in [1.82, 2.24) is 0 Å². The second-order valence-corrected chi connectivity index (χ2v) is 11.6. The van der Waals surface area contributed by atoms with Crippen molar-refractivity contribution in [3.05, 3.63) is 48.0 Å². The number of fused-ring (bicyclic) bond motifs is 1. The summed E-state index contributed by atoms with van der Waals surface area (Å²) in [4.78, 5) is -1.05. The number of aryl methyl sites for hydroxylation is 1. The predicted octanol–water partition coefficient (Wildman–Crippen LogP) is 4.38. The van der Waals surface area contributed by atoms with Gasteiger partial charge < -0.3 is 10.4 Å². The van der Waals surface area contributed by atoms with Gasteiger partial charge in [-0.1, -0.05) is 20.9 Å². The van der Waals surface area contributed by atoms with Gasteiger partial charge in [0, 0.05) is 18.1 Å². The summed E-state index contributed by atoms with van der Waals surface area (Å²) in [6, 6.07) is 8.87. The molecule has 0 spiro atoms. The van der Waals surface area contributed by atoms with Crippen LogP contribution in [0.5, 0.6) is 5.75 Å². The van der Waals surface area contributed by atoms with Gasteiger partial charge >= 0.3 is 10.4 Å². The van der Waals surface area contributed by atoms with Gasteiger partial charge in [-0.2, -0.15) is 21.9 Å². The minimum Gasteiger partial charge on any atom is -0.505 e. The number of sulfone groups is 1. The molecule has 4 N–H and O–H groups in total. The van der Waals surface area contributed by atoms with Gasteiger partial charge in [-0.25, -0.2) is 12.6 Å². The zero-order valence-corrected chi connectivity index (χ0v) is 20.5. The van der Waals surface area contributed by atoms with Crippen LogP contribution in [0.3, 0.4) is 0 Å². The molecule has 0 bridgehead atoms. The molecule has 3 aromatic rings. The van der Waals surface area contributed by atoms with Crippen molar-refractivity contribution in [2.75, 3.05) is 18.3 Å². The molecular weight excluding hydrogens is 550 g/mol. The van der Waals surface area contributed by atoms with E-state index in [2.05, 4.69) is 19.7 Å². The summed E-state index contributed by atoms with van der Waals surface area (Å²) in [7, 11) is -12.4. The van der Waals surface area contributed by atoms with Gasteiger partial charge in [0.2, 0.25) is 9.84 Å². The average Bonchev–Trinajstić information content (AvgIpc) is 2.75. The van der Waals surface area contributed by atoms with Crippen molar-refractivity contribution in [2.45, 2.75) is 31.6 Å². The summed E-state index contributed by atoms with van der Waals surface area (Å²) in [6.07, 6.45) is 0. The summed E-state index contributed by atoms with van der Waals surface area (Å²) in [5.74, 6) is -1.90. The van der Waals surface area contributed by atoms with Gasteiger partial charge in [0.15, 0.2) is 11.7 Å². The zero-order valence-electron chi connectivity index (χ0n) is 18.1. The number of nitrogens with one attached hydrogen (secondary N) is 1. The number of aromatic hydroxyl groups is 1. The largest absolute Gasteiger partial charge is 0.505 e. The Labute approximate surface area is 215 Å². The number of phenolic OH excluding ortho intramolecular Hbond substituents is 1. The Morgan fingerprint density at radius 3 is 2.03 bits per heavy atom. The van der Waals surface area contributed by atoms with Crippen molar-refractivity contribution in [3.8, 4) is 5.75 Å². The van der Waals surface area contributed by atoms with Crippen LogP contribution in [-0.2, 0) is 34.5 Å². The first kappa shape index (κ1) is 31.9. The quantitative estimate of drug-likeness (QED) is 0.218. The lowest BCUT2D eigenvalue weighted by atomic mass is 10.0. The molecule has 16 heteroatoms. The Morgan fingerprint density at radius 2 is 1.51 bits per heavy atom. The molecule has 0 amide bonds. The molecule has 0 aromatic heterocycles. The van der Waals surface area contributed by atoms with E-state index in [-0.39, 0.29) is 30.8 Å². The first-order valence-corrected chi connectivity index (χ1v) is 13.9. The lowest BCUT2D eigenvalue weighted by Crippen LogP contribution is -2.14. The van der Waals surface area contributed by atoms with Gasteiger partial charge in [0.1, 0.15) is 10.6 Å². The Hall–Kier alpha value is -3.15. The fourth-order valence-electron chi connectivity index (χ4n) is 3.15. The lowest BCUT2D eigenvalue weighted by molar-refractivity contribution is 0.306. The first-order chi connectivity index (χ1) is 16.1. The van der Waals surface area contributed by atoms with E-state index in [1.807, 2.05) is 0 Å². The van der Waals surface area contributed by atoms with E-state index in [4.69, 9.17) is 4.55 Å². The van der Waals surface area contributed by atoms with Gasteiger partial charge in [0.05, 0.1) is 10.6 Å². The van der Waals surface area contributed by atoms with Crippen molar-refractivity contribution in [3.63, 3.8) is 0 Å². The number of hydrogen-bond donors (Lipinski definition) is 4. The van der Waals surface area contributed by atoms with E-state index >= 15 is 0 Å². The summed E-state index contributed by atoms with van der Waals surface area (Å²) in [6.45, 7) is 1.76. The topological polar surface area (TPSA) is 209 Å². The number of nitrogens with zero attached hydrogens (tertiary/aromatic N) is 2. The summed E-state index contributed by atoms with van der Waals surface area (Å²) < 4.78 is 91.4. The first-order valence-electron chi connectivity index (χ1n) is 9.44. The SMILES string of the molecule is C.C.CNc1cc(C)cc2cc(S(=O)(=O)O)c(N=Nc3ccc(S(=O)(=O)COS(=O)(=O)O)cc3)c(O)c12. The number of rotatable bonds is 8. The van der Waals surface area contributed by atoms with Crippen LogP contribution >= 0.6 is 0 Å². The maximum atomic E-state index is 12.1. The number of hydrogen-bond acceptors (Lipinski definition) is 11. The number of azo groups is 1. The molecule has 0 heterocycles. The van der Waals surface area contributed by atoms with Gasteiger partial charge in [-0.3, -0.25) is 9.11 Å². The van der Waals surface area contributed by atoms with Crippen molar-refractivity contribution >= 4 is 58.2 Å². The van der Waals surface area contributed by atoms with E-state index in [1.54, 1.807) is 26.1 Å². The van der Waals surface area contributed by atoms with Crippen LogP contribution < -0.4 is 5.32 Å². The highest BCUT2D eigenvalue weighted by Gasteiger charge is 2.24. The van der Waals surface area contributed by atoms with Gasteiger partial charge in [-0.05, 0) is 54.3 Å². The maximum absolute atomic E-state index is 12.1. The molecule has 37 heavy (non-hydrogen) atoms. The second-order valence-electron chi connectivity index (χ2n) is 7.18. The van der Waals surface area contributed by atoms with Crippen LogP contribution in [0.25, 0.3) is 10.8 Å². The van der Waals surface area contributed by atoms with Crippen molar-refractivity contribution < 1.29 is 43.6 Å². The molecule has 3 aromatic carbocycles. The summed E-state index contributed by atoms with van der Waals surface area (Å²) >= 11 is 0. The Morgan fingerprint density at radius 1 is 0.919 bits per heavy atom. The molecule has 204 valence electrons. The molecule has 0 saturated heterocycles. The Bertz CT molecular complexity index is 1650. The van der Waals surface area contributed by atoms with Gasteiger partial charge in [0.25, 0.3) is 10.1 Å². The molecule has 0 radical (unpaired) electrons. The number of phenols is 1. The van der Waals surface area contributed by atoms with Crippen LogP contribution in [0, 0.1) is 6.92 Å². The van der Waals surface area contributed by atoms with E-state index in [0.717, 1.165) is 35.9 Å². The van der Waals surface area contributed by atoms with Crippen LogP contribution in [0.1, 0.15) is 20.4 Å². The highest BCUT2D eigenvalue weighted by atomic mass is 32.3. The van der Waals surface area contributed by atoms with Crippen LogP contribution in [0.4, 0.5) is 17.1 Å². The zero-order chi connectivity index (χ0) is 26.2. The van der Waals surface area contributed by atoms with Crippen LogP contribution in [0.2, 0.25) is 0 Å². The van der Waals surface area contributed by atoms with Gasteiger partial charge in [-0.15, -0.1) is 5.11 Å². The molecule has 0 saturated carbocycles. The van der Waals surface area contributed by atoms with E-state index in [0.29, 0.717) is 11.1 Å². The summed E-state index contributed by atoms with van der Waals surface area (Å²) in [5.41, 5.74) is 0.711. The molecule has 0 fully saturated rings. The van der Waals surface area contributed by atoms with E-state index in [9.17, 15) is 34.9 Å². The fourth-order valence-corrected chi connectivity index (χ4v) is 5.49. The fraction of sp³-hybridized carbons (Fsp3) is 0.238. The highest BCUT2D eigenvalue weighted by molar-refractivity contribution is 7.92. The molecule has 0 aliphatic carbocycles. The molecule has 3 rings (SSSR count). The number of benzene rings is 3. The number of anilines is 1. The molecular formula is C21H27N3O10S3. The molecule has 0 unspecified atom stereocenters. The third-order valence-electron chi connectivity index (χ3n) is 4.66. The third-order valence-corrected chi connectivity index (χ3v) is 7.51. The monoisotopic (exact) mass is 577 g/mol. The molecule has 0 aliphatic rings. The van der Waals surface area contributed by atoms with Crippen LogP contribution in [0.15, 0.2) is 62.5 Å². The van der Waals surface area contributed by atoms with Crippen molar-refractivity contribution in [1.29, 1.82) is 0 Å². The summed E-state index contributed by atoms with van der Waals surface area (Å²) in [5, 5.41) is 21.8. The van der Waals surface area contributed by atoms with E-state index < -0.39 is 52.6 Å². The smallest absolute Gasteiger partial charge is 0.398 e. The third kappa shape index (κ3) is 7.43. The highest BCUT2D eigenvalue weighted by Crippen LogP contribution is 2.44. The normalized spacial score (nSPS) is 12.2. The maximum Gasteiger partial charge on any atom is 0.398 e. The van der Waals surface area contributed by atoms with E-state index in [1.165, 1.54) is 0 Å². The minimum atomic E-state index is -4.97. The predicted molar refractivity (Wildman–Crippen MR) is 138 cm³/mol. The molecule has 0 atom stereocenters. The molecule has 0 aliphatic heterocycles. The average molecular weight is 578 g/mol. The Kier molecular flexibility index (Phi) is 9.90. The lowest BCUT2D eigenvalue weighted by Gasteiger charge is -2.13. The second kappa shape index (κ2) is 11.5.